The first kappa shape index (κ1) is 14.8. The number of halogens is 3. The van der Waals surface area contributed by atoms with Gasteiger partial charge in [-0.1, -0.05) is 34.8 Å². The Morgan fingerprint density at radius 3 is 2.55 bits per heavy atom. The molecule has 0 saturated heterocycles. The maximum atomic E-state index is 11.7. The SMILES string of the molecule is O=C(COc1ccc(Cl)cc1)Nc1ncnc(Cl)c1Cl. The molecule has 8 heteroatoms. The summed E-state index contributed by atoms with van der Waals surface area (Å²) in [6, 6.07) is 6.64. The molecule has 0 aliphatic heterocycles. The molecule has 5 nitrogen and oxygen atoms in total. The van der Waals surface area contributed by atoms with E-state index in [1.165, 1.54) is 6.33 Å². The molecule has 0 atom stereocenters. The Balaban J connectivity index is 1.92. The molecule has 0 saturated carbocycles. The van der Waals surface area contributed by atoms with E-state index < -0.39 is 5.91 Å². The summed E-state index contributed by atoms with van der Waals surface area (Å²) >= 11 is 17.3. The molecule has 20 heavy (non-hydrogen) atoms. The maximum Gasteiger partial charge on any atom is 0.263 e. The molecule has 0 spiro atoms. The molecule has 1 N–H and O–H groups in total. The second-order valence-electron chi connectivity index (χ2n) is 3.62. The number of nitrogens with one attached hydrogen (secondary N) is 1. The first-order valence-electron chi connectivity index (χ1n) is 5.40. The highest BCUT2D eigenvalue weighted by molar-refractivity contribution is 6.42. The number of hydrogen-bond acceptors (Lipinski definition) is 4. The standard InChI is InChI=1S/C12H8Cl3N3O2/c13-7-1-3-8(4-2-7)20-5-9(19)18-12-10(14)11(15)16-6-17-12/h1-4,6H,5H2,(H,16,17,18,19). The second kappa shape index (κ2) is 6.74. The number of ether oxygens (including phenoxy) is 1. The quantitative estimate of drug-likeness (QED) is 0.871. The molecule has 1 aromatic carbocycles. The van der Waals surface area contributed by atoms with Gasteiger partial charge in [0.05, 0.1) is 0 Å². The van der Waals surface area contributed by atoms with Crippen molar-refractivity contribution < 1.29 is 9.53 Å². The first-order valence-corrected chi connectivity index (χ1v) is 6.54. The van der Waals surface area contributed by atoms with Gasteiger partial charge in [-0.05, 0) is 24.3 Å². The zero-order valence-electron chi connectivity index (χ0n) is 9.94. The van der Waals surface area contributed by atoms with Crippen LogP contribution in [0.1, 0.15) is 0 Å². The van der Waals surface area contributed by atoms with Gasteiger partial charge in [0, 0.05) is 5.02 Å². The molecule has 1 heterocycles. The van der Waals surface area contributed by atoms with E-state index in [2.05, 4.69) is 15.3 Å². The smallest absolute Gasteiger partial charge is 0.263 e. The largest absolute Gasteiger partial charge is 0.484 e. The van der Waals surface area contributed by atoms with Crippen LogP contribution in [0.2, 0.25) is 15.2 Å². The Morgan fingerprint density at radius 2 is 1.85 bits per heavy atom. The topological polar surface area (TPSA) is 64.1 Å². The molecule has 2 rings (SSSR count). The van der Waals surface area contributed by atoms with Crippen molar-refractivity contribution in [3.63, 3.8) is 0 Å². The fourth-order valence-corrected chi connectivity index (χ4v) is 1.69. The van der Waals surface area contributed by atoms with Crippen molar-refractivity contribution in [1.29, 1.82) is 0 Å². The van der Waals surface area contributed by atoms with Crippen LogP contribution in [0.4, 0.5) is 5.82 Å². The van der Waals surface area contributed by atoms with Gasteiger partial charge < -0.3 is 10.1 Å². The molecule has 0 bridgehead atoms. The molecule has 0 fully saturated rings. The first-order chi connectivity index (χ1) is 9.56. The zero-order chi connectivity index (χ0) is 14.5. The number of rotatable bonds is 4. The predicted octanol–water partition coefficient (Wildman–Crippen LogP) is 3.45. The Labute approximate surface area is 129 Å². The number of aromatic nitrogens is 2. The Bertz CT molecular complexity index is 620. The lowest BCUT2D eigenvalue weighted by molar-refractivity contribution is -0.118. The van der Waals surface area contributed by atoms with Crippen LogP contribution in [-0.2, 0) is 4.79 Å². The van der Waals surface area contributed by atoms with E-state index in [-0.39, 0.29) is 22.6 Å². The van der Waals surface area contributed by atoms with Gasteiger partial charge in [0.25, 0.3) is 5.91 Å². The molecule has 0 unspecified atom stereocenters. The van der Waals surface area contributed by atoms with Gasteiger partial charge in [-0.15, -0.1) is 0 Å². The third-order valence-electron chi connectivity index (χ3n) is 2.19. The molecule has 1 amide bonds. The molecule has 104 valence electrons. The number of carbonyl (C=O) groups is 1. The minimum absolute atomic E-state index is 0.0654. The Morgan fingerprint density at radius 1 is 1.15 bits per heavy atom. The average Bonchev–Trinajstić information content (AvgIpc) is 2.43. The number of benzene rings is 1. The molecular formula is C12H8Cl3N3O2. The van der Waals surface area contributed by atoms with E-state index >= 15 is 0 Å². The summed E-state index contributed by atoms with van der Waals surface area (Å²) in [6.45, 7) is -0.195. The summed E-state index contributed by atoms with van der Waals surface area (Å²) in [4.78, 5) is 19.2. The summed E-state index contributed by atoms with van der Waals surface area (Å²) in [5, 5.41) is 3.21. The van der Waals surface area contributed by atoms with Crippen LogP contribution in [0.25, 0.3) is 0 Å². The van der Waals surface area contributed by atoms with Gasteiger partial charge in [0.2, 0.25) is 0 Å². The maximum absolute atomic E-state index is 11.7. The van der Waals surface area contributed by atoms with E-state index in [9.17, 15) is 4.79 Å². The monoisotopic (exact) mass is 331 g/mol. The van der Waals surface area contributed by atoms with Crippen molar-refractivity contribution in [3.8, 4) is 5.75 Å². The molecule has 0 aliphatic carbocycles. The van der Waals surface area contributed by atoms with Gasteiger partial charge in [-0.3, -0.25) is 4.79 Å². The van der Waals surface area contributed by atoms with E-state index in [1.807, 2.05) is 0 Å². The van der Waals surface area contributed by atoms with E-state index in [0.29, 0.717) is 10.8 Å². The lowest BCUT2D eigenvalue weighted by Gasteiger charge is -2.08. The Hall–Kier alpha value is -1.56. The summed E-state index contributed by atoms with van der Waals surface area (Å²) in [6.07, 6.45) is 1.20. The van der Waals surface area contributed by atoms with Crippen molar-refractivity contribution in [1.82, 2.24) is 9.97 Å². The lowest BCUT2D eigenvalue weighted by atomic mass is 10.3. The second-order valence-corrected chi connectivity index (χ2v) is 4.79. The van der Waals surface area contributed by atoms with Crippen molar-refractivity contribution in [2.24, 2.45) is 0 Å². The van der Waals surface area contributed by atoms with Crippen molar-refractivity contribution in [2.45, 2.75) is 0 Å². The number of nitrogens with zero attached hydrogens (tertiary/aromatic N) is 2. The third-order valence-corrected chi connectivity index (χ3v) is 3.18. The van der Waals surface area contributed by atoms with E-state index in [0.717, 1.165) is 0 Å². The van der Waals surface area contributed by atoms with Crippen molar-refractivity contribution in [2.75, 3.05) is 11.9 Å². The van der Waals surface area contributed by atoms with Crippen LogP contribution in [-0.4, -0.2) is 22.5 Å². The molecule has 1 aromatic heterocycles. The highest BCUT2D eigenvalue weighted by atomic mass is 35.5. The average molecular weight is 333 g/mol. The summed E-state index contributed by atoms with van der Waals surface area (Å²) in [7, 11) is 0. The van der Waals surface area contributed by atoms with E-state index in [1.54, 1.807) is 24.3 Å². The zero-order valence-corrected chi connectivity index (χ0v) is 12.2. The predicted molar refractivity (Wildman–Crippen MR) is 77.6 cm³/mol. The van der Waals surface area contributed by atoms with Crippen LogP contribution in [0.3, 0.4) is 0 Å². The summed E-state index contributed by atoms with van der Waals surface area (Å²) in [5.41, 5.74) is 0. The van der Waals surface area contributed by atoms with Gasteiger partial charge in [0.15, 0.2) is 17.6 Å². The minimum Gasteiger partial charge on any atom is -0.484 e. The van der Waals surface area contributed by atoms with Crippen LogP contribution < -0.4 is 10.1 Å². The fourth-order valence-electron chi connectivity index (χ4n) is 1.28. The van der Waals surface area contributed by atoms with E-state index in [4.69, 9.17) is 39.5 Å². The molecule has 2 aromatic rings. The number of anilines is 1. The van der Waals surface area contributed by atoms with Gasteiger partial charge >= 0.3 is 0 Å². The van der Waals surface area contributed by atoms with Crippen molar-refractivity contribution in [3.05, 3.63) is 45.8 Å². The molecule has 0 aliphatic rings. The molecular weight excluding hydrogens is 325 g/mol. The fraction of sp³-hybridized carbons (Fsp3) is 0.0833. The normalized spacial score (nSPS) is 10.2. The summed E-state index contributed by atoms with van der Waals surface area (Å²) in [5.74, 6) is 0.240. The Kier molecular flexibility index (Phi) is 5.00. The van der Waals surface area contributed by atoms with Crippen LogP contribution in [0.5, 0.6) is 5.75 Å². The van der Waals surface area contributed by atoms with Gasteiger partial charge in [-0.2, -0.15) is 0 Å². The highest BCUT2D eigenvalue weighted by Gasteiger charge is 2.11. The van der Waals surface area contributed by atoms with Gasteiger partial charge in [-0.25, -0.2) is 9.97 Å². The summed E-state index contributed by atoms with van der Waals surface area (Å²) < 4.78 is 5.27. The van der Waals surface area contributed by atoms with Crippen LogP contribution in [0.15, 0.2) is 30.6 Å². The molecule has 0 radical (unpaired) electrons. The third kappa shape index (κ3) is 3.96. The lowest BCUT2D eigenvalue weighted by Crippen LogP contribution is -2.21. The van der Waals surface area contributed by atoms with Crippen LogP contribution >= 0.6 is 34.8 Å². The van der Waals surface area contributed by atoms with Crippen LogP contribution in [0, 0.1) is 0 Å². The highest BCUT2D eigenvalue weighted by Crippen LogP contribution is 2.25. The minimum atomic E-state index is -0.420. The number of carbonyl (C=O) groups excluding carboxylic acids is 1. The van der Waals surface area contributed by atoms with Crippen molar-refractivity contribution >= 4 is 46.5 Å². The number of hydrogen-bond donors (Lipinski definition) is 1. The number of amides is 1. The van der Waals surface area contributed by atoms with Gasteiger partial charge in [0.1, 0.15) is 17.1 Å².